The second-order valence-corrected chi connectivity index (χ2v) is 35.4. The topological polar surface area (TPSA) is 66.3 Å². The van der Waals surface area contributed by atoms with Crippen LogP contribution >= 0.6 is 0 Å². The number of rotatable bonds is 7. The summed E-state index contributed by atoms with van der Waals surface area (Å²) in [5, 5.41) is 23.2. The molecule has 0 saturated heterocycles. The van der Waals surface area contributed by atoms with E-state index in [0.717, 1.165) is 39.6 Å². The van der Waals surface area contributed by atoms with Crippen molar-refractivity contribution < 1.29 is 0 Å². The van der Waals surface area contributed by atoms with Gasteiger partial charge in [-0.2, -0.15) is 0 Å². The molecule has 0 bridgehead atoms. The summed E-state index contributed by atoms with van der Waals surface area (Å²) in [5.41, 5.74) is 33.8. The Bertz CT molecular complexity index is 8900. The van der Waals surface area contributed by atoms with Crippen LogP contribution in [0.2, 0.25) is 0 Å². The molecule has 0 saturated carbocycles. The van der Waals surface area contributed by atoms with Gasteiger partial charge in [0.25, 0.3) is 0 Å². The van der Waals surface area contributed by atoms with Gasteiger partial charge in [0.2, 0.25) is 0 Å². The first-order chi connectivity index (χ1) is 63.1. The van der Waals surface area contributed by atoms with Crippen molar-refractivity contribution in [3.63, 3.8) is 0 Å². The molecular weight excluding hydrogens is 1540 g/mol. The summed E-state index contributed by atoms with van der Waals surface area (Å²) in [6, 6.07) is 148. The van der Waals surface area contributed by atoms with Crippen LogP contribution in [0.4, 0.5) is 0 Å². The molecular formula is C120H69N7. The lowest BCUT2D eigenvalue weighted by Gasteiger charge is -2.40. The average Bonchev–Trinajstić information content (AvgIpc) is 1.44. The van der Waals surface area contributed by atoms with E-state index in [9.17, 15) is 0 Å². The predicted octanol–water partition coefficient (Wildman–Crippen LogP) is 28.5. The third-order valence-corrected chi connectivity index (χ3v) is 30.5. The molecule has 7 aromatic heterocycles. The molecule has 0 atom stereocenters. The van der Waals surface area contributed by atoms with Crippen LogP contribution in [0.25, 0.3) is 192 Å². The molecule has 31 rings (SSSR count). The molecule has 7 heterocycles. The van der Waals surface area contributed by atoms with Crippen LogP contribution in [0.5, 0.6) is 0 Å². The molecule has 6 aliphatic carbocycles. The van der Waals surface area contributed by atoms with E-state index >= 15 is 0 Å². The Labute approximate surface area is 728 Å². The minimum Gasteiger partial charge on any atom is -0.309 e. The van der Waals surface area contributed by atoms with Gasteiger partial charge >= 0.3 is 0 Å². The van der Waals surface area contributed by atoms with Crippen LogP contribution < -0.4 is 0 Å². The normalized spacial score (nSPS) is 17.7. The molecule has 127 heavy (non-hydrogen) atoms. The SMILES string of the molecule is c1ccc(-c2ccc3c4c(cccc24)C24c5cccc6c(-c7ccccn7)ccc(c56)C32c2ccc(-n3c5ccccc5c5ccccc53)c3cccc4c23)nc1.c1ccc(-n2c3ccccc3c3ccc4c5ccccc5n(-c5ccc6c7c(cccc57)C57c8cccc9c(-c%10ccccn%10)ccc(c89)C65c5ccc(-c6ccccn6)c6cccc7c56)c4c32)cc1. The van der Waals surface area contributed by atoms with Gasteiger partial charge < -0.3 is 13.7 Å². The number of hydrogen-bond donors (Lipinski definition) is 0. The lowest BCUT2D eigenvalue weighted by atomic mass is 9.59. The summed E-state index contributed by atoms with van der Waals surface area (Å²) < 4.78 is 7.58. The highest BCUT2D eigenvalue weighted by molar-refractivity contribution is 6.26. The predicted molar refractivity (Wildman–Crippen MR) is 519 cm³/mol. The Hall–Kier alpha value is -16.5. The molecule has 7 nitrogen and oxygen atoms in total. The first-order valence-corrected chi connectivity index (χ1v) is 44.2. The fourth-order valence-corrected chi connectivity index (χ4v) is 26.5. The van der Waals surface area contributed by atoms with Crippen molar-refractivity contribution in [2.45, 2.75) is 21.7 Å². The van der Waals surface area contributed by atoms with Gasteiger partial charge in [-0.15, -0.1) is 0 Å². The van der Waals surface area contributed by atoms with Crippen molar-refractivity contribution in [2.75, 3.05) is 0 Å². The molecule has 0 radical (unpaired) electrons. The number of hydrogen-bond acceptors (Lipinski definition) is 4. The Balaban J connectivity index is 0.000000126. The molecule has 18 aromatic carbocycles. The number of pyridine rings is 4. The van der Waals surface area contributed by atoms with Crippen molar-refractivity contribution in [3.8, 4) is 62.1 Å². The largest absolute Gasteiger partial charge is 0.309 e. The Morgan fingerprint density at radius 3 is 0.732 bits per heavy atom. The van der Waals surface area contributed by atoms with Gasteiger partial charge in [0.1, 0.15) is 0 Å². The minimum absolute atomic E-state index is 0.497. The third-order valence-electron chi connectivity index (χ3n) is 30.5. The average molecular weight is 1610 g/mol. The lowest BCUT2D eigenvalue weighted by molar-refractivity contribution is 0.492. The number of aromatic nitrogens is 7. The zero-order valence-corrected chi connectivity index (χ0v) is 68.5. The lowest BCUT2D eigenvalue weighted by Crippen LogP contribution is -2.42. The summed E-state index contributed by atoms with van der Waals surface area (Å²) in [6.45, 7) is 0. The van der Waals surface area contributed by atoms with Crippen molar-refractivity contribution in [1.82, 2.24) is 33.6 Å². The van der Waals surface area contributed by atoms with Crippen molar-refractivity contribution in [3.05, 3.63) is 486 Å². The summed E-state index contributed by atoms with van der Waals surface area (Å²) >= 11 is 0. The zero-order chi connectivity index (χ0) is 82.5. The van der Waals surface area contributed by atoms with E-state index in [-0.39, 0.29) is 0 Å². The smallest absolute Gasteiger partial charge is 0.0789 e. The van der Waals surface area contributed by atoms with Gasteiger partial charge in [-0.3, -0.25) is 19.9 Å². The molecule has 0 fully saturated rings. The van der Waals surface area contributed by atoms with Crippen LogP contribution in [-0.2, 0) is 21.7 Å². The van der Waals surface area contributed by atoms with E-state index in [0.29, 0.717) is 0 Å². The van der Waals surface area contributed by atoms with E-state index in [4.69, 9.17) is 19.9 Å². The Morgan fingerprint density at radius 1 is 0.157 bits per heavy atom. The maximum atomic E-state index is 4.91. The minimum atomic E-state index is -0.559. The van der Waals surface area contributed by atoms with E-state index in [1.54, 1.807) is 0 Å². The monoisotopic (exact) mass is 1610 g/mol. The van der Waals surface area contributed by atoms with Gasteiger partial charge in [-0.05, 0) is 218 Å². The molecule has 0 amide bonds. The molecule has 6 aliphatic rings. The van der Waals surface area contributed by atoms with Gasteiger partial charge in [0, 0.05) is 95.8 Å². The molecule has 584 valence electrons. The van der Waals surface area contributed by atoms with Gasteiger partial charge in [-0.25, -0.2) is 0 Å². The van der Waals surface area contributed by atoms with Crippen LogP contribution in [0.1, 0.15) is 66.8 Å². The fourth-order valence-electron chi connectivity index (χ4n) is 26.5. The fraction of sp³-hybridized carbons (Fsp3) is 0.0333. The highest BCUT2D eigenvalue weighted by Gasteiger charge is 2.72. The van der Waals surface area contributed by atoms with Crippen molar-refractivity contribution in [2.24, 2.45) is 0 Å². The third kappa shape index (κ3) is 7.89. The van der Waals surface area contributed by atoms with E-state index in [1.807, 2.05) is 49.1 Å². The number of fused-ring (bicyclic) bond motifs is 10. The van der Waals surface area contributed by atoms with E-state index < -0.39 is 21.7 Å². The zero-order valence-electron chi connectivity index (χ0n) is 68.5. The van der Waals surface area contributed by atoms with Crippen LogP contribution in [0.3, 0.4) is 0 Å². The van der Waals surface area contributed by atoms with Crippen LogP contribution in [-0.4, -0.2) is 33.6 Å². The maximum absolute atomic E-state index is 4.91. The molecule has 7 heteroatoms. The van der Waals surface area contributed by atoms with Gasteiger partial charge in [-0.1, -0.05) is 297 Å². The Morgan fingerprint density at radius 2 is 0.402 bits per heavy atom. The standard InChI is InChI=1S/C66H38N4.C54H31N3/c1-2-15-39(16-3-1)69-57-27-6-4-17-42(57)46-29-30-47-43-18-5-7-28-58(43)70(64(47)63(46)69)59-36-35-54-62-48(59)21-14-24-51(62)65-49-22-12-19-44-40(55-25-8-10-37-67-55)31-33-52(60(44)49)66(54,65)53-34-32-41(56-26-9-11-38-68-56)45-20-13-23-50(65)61(45)53;1-3-22-47-34(12-1)35-13-2-4-23-48(35)57(47)49-29-28-44-52-38(49)16-11-19-41(52)53-39-17-9-14-36-32(45-20-5-7-30-55-45)24-26-42(50(36)39)54(44,53)43-27-25-33(46-21-6-8-31-56-46)37-15-10-18-40(53)51(37)43/h1-38H;1-31H. The first-order valence-electron chi connectivity index (χ1n) is 44.2. The molecule has 0 aliphatic heterocycles. The molecule has 0 spiro atoms. The van der Waals surface area contributed by atoms with Crippen molar-refractivity contribution >= 4 is 130 Å². The summed E-state index contributed by atoms with van der Waals surface area (Å²) in [4.78, 5) is 19.6. The Kier molecular flexibility index (Phi) is 13.0. The van der Waals surface area contributed by atoms with Crippen LogP contribution in [0, 0.1) is 0 Å². The first kappa shape index (κ1) is 68.1. The van der Waals surface area contributed by atoms with Crippen LogP contribution in [0.15, 0.2) is 419 Å². The molecule has 0 N–H and O–H groups in total. The van der Waals surface area contributed by atoms with Gasteiger partial charge in [0.05, 0.1) is 88.9 Å². The van der Waals surface area contributed by atoms with E-state index in [2.05, 4.69) is 384 Å². The highest BCUT2D eigenvalue weighted by atomic mass is 15.0. The van der Waals surface area contributed by atoms with Crippen molar-refractivity contribution in [1.29, 1.82) is 0 Å². The summed E-state index contributed by atoms with van der Waals surface area (Å²) in [5.74, 6) is 0. The molecule has 0 unspecified atom stereocenters. The number of nitrogens with zero attached hydrogens (tertiary/aromatic N) is 7. The maximum Gasteiger partial charge on any atom is 0.0789 e. The summed E-state index contributed by atoms with van der Waals surface area (Å²) in [6.07, 6.45) is 7.63. The second kappa shape index (κ2) is 24.3. The summed E-state index contributed by atoms with van der Waals surface area (Å²) in [7, 11) is 0. The number of para-hydroxylation sites is 5. The quantitative estimate of drug-likeness (QED) is 0.159. The second-order valence-electron chi connectivity index (χ2n) is 35.4. The van der Waals surface area contributed by atoms with Gasteiger partial charge in [0.15, 0.2) is 0 Å². The highest BCUT2D eigenvalue weighted by Crippen LogP contribution is 2.79. The number of benzene rings is 18. The molecule has 25 aromatic rings. The van der Waals surface area contributed by atoms with E-state index in [1.165, 1.54) is 219 Å².